The average Bonchev–Trinajstić information content (AvgIpc) is 3.48. The predicted molar refractivity (Wildman–Crippen MR) is 137 cm³/mol. The summed E-state index contributed by atoms with van der Waals surface area (Å²) in [6, 6.07) is 14.6. The molecule has 1 aromatic heterocycles. The number of benzene rings is 2. The van der Waals surface area contributed by atoms with Crippen LogP contribution in [0.25, 0.3) is 22.4 Å². The number of rotatable bonds is 7. The van der Waals surface area contributed by atoms with Crippen molar-refractivity contribution in [2.24, 2.45) is 0 Å². The van der Waals surface area contributed by atoms with Gasteiger partial charge in [-0.05, 0) is 42.4 Å². The fourth-order valence-electron chi connectivity index (χ4n) is 5.01. The van der Waals surface area contributed by atoms with Crippen LogP contribution in [0.2, 0.25) is 10.2 Å². The molecule has 5 nitrogen and oxygen atoms in total. The van der Waals surface area contributed by atoms with E-state index in [9.17, 15) is 4.79 Å². The summed E-state index contributed by atoms with van der Waals surface area (Å²) in [6.45, 7) is 1.16. The van der Waals surface area contributed by atoms with Gasteiger partial charge in [0.2, 0.25) is 5.91 Å². The summed E-state index contributed by atoms with van der Waals surface area (Å²) >= 11 is 13.6. The number of carbonyl (C=O) groups excluding carboxylic acids is 1. The number of hydrogen-bond acceptors (Lipinski definition) is 4. The number of nitrogens with zero attached hydrogens (tertiary/aromatic N) is 1. The van der Waals surface area contributed by atoms with Gasteiger partial charge in [0.25, 0.3) is 0 Å². The predicted octanol–water partition coefficient (Wildman–Crippen LogP) is 5.59. The highest BCUT2D eigenvalue weighted by atomic mass is 35.5. The molecule has 1 fully saturated rings. The van der Waals surface area contributed by atoms with Gasteiger partial charge in [-0.25, -0.2) is 4.98 Å². The first kappa shape index (κ1) is 23.2. The molecule has 0 saturated carbocycles. The first-order valence-electron chi connectivity index (χ1n) is 11.7. The van der Waals surface area contributed by atoms with Gasteiger partial charge in [0.15, 0.2) is 0 Å². The van der Waals surface area contributed by atoms with Crippen LogP contribution < -0.4 is 15.4 Å². The molecule has 5 rings (SSSR count). The Labute approximate surface area is 209 Å². The Bertz CT molecular complexity index is 1240. The molecule has 2 heterocycles. The Morgan fingerprint density at radius 3 is 2.68 bits per heavy atom. The molecule has 0 unspecified atom stereocenters. The van der Waals surface area contributed by atoms with Crippen LogP contribution in [0, 0.1) is 0 Å². The lowest BCUT2D eigenvalue weighted by Gasteiger charge is -2.17. The average molecular weight is 496 g/mol. The van der Waals surface area contributed by atoms with Gasteiger partial charge >= 0.3 is 0 Å². The van der Waals surface area contributed by atoms with Crippen molar-refractivity contribution in [2.75, 3.05) is 13.7 Å². The van der Waals surface area contributed by atoms with Gasteiger partial charge in [0.05, 0.1) is 17.8 Å². The number of carbonyl (C=O) groups is 1. The van der Waals surface area contributed by atoms with E-state index in [1.54, 1.807) is 7.11 Å². The molecule has 7 heteroatoms. The molecule has 34 heavy (non-hydrogen) atoms. The van der Waals surface area contributed by atoms with Crippen LogP contribution in [-0.2, 0) is 24.2 Å². The minimum absolute atomic E-state index is 0.105. The van der Waals surface area contributed by atoms with Crippen LogP contribution in [-0.4, -0.2) is 30.6 Å². The van der Waals surface area contributed by atoms with Gasteiger partial charge in [-0.1, -0.05) is 59.6 Å². The zero-order chi connectivity index (χ0) is 23.7. The highest BCUT2D eigenvalue weighted by molar-refractivity contribution is 6.36. The number of halogens is 2. The standard InChI is InChI=1S/C27H27Cl2N3O2/c1-34-24-13-23(32-27(29)22(24)15-30-14-17-11-12-25(33)31-17)21-10-4-9-20(26(21)28)19-8-3-6-16-5-2-7-18(16)19/h3-4,6,8-10,13,17,30H,2,5,7,11-12,14-15H2,1H3,(H,31,33)/t17-/m0/s1. The monoisotopic (exact) mass is 495 g/mol. The molecule has 2 aliphatic rings. The minimum atomic E-state index is 0.105. The van der Waals surface area contributed by atoms with E-state index in [-0.39, 0.29) is 11.9 Å². The number of aromatic nitrogens is 1. The third-order valence-corrected chi connectivity index (χ3v) is 7.46. The van der Waals surface area contributed by atoms with Gasteiger partial charge in [-0.15, -0.1) is 0 Å². The Balaban J connectivity index is 1.43. The van der Waals surface area contributed by atoms with Gasteiger partial charge in [-0.2, -0.15) is 0 Å². The topological polar surface area (TPSA) is 63.2 Å². The number of methoxy groups -OCH3 is 1. The molecule has 1 aliphatic carbocycles. The number of fused-ring (bicyclic) bond motifs is 1. The molecule has 0 spiro atoms. The molecule has 1 atom stereocenters. The lowest BCUT2D eigenvalue weighted by Crippen LogP contribution is -2.35. The largest absolute Gasteiger partial charge is 0.496 e. The highest BCUT2D eigenvalue weighted by Crippen LogP contribution is 2.41. The Hall–Kier alpha value is -2.60. The van der Waals surface area contributed by atoms with Gasteiger partial charge in [0, 0.05) is 48.3 Å². The quantitative estimate of drug-likeness (QED) is 0.419. The Kier molecular flexibility index (Phi) is 6.77. The highest BCUT2D eigenvalue weighted by Gasteiger charge is 2.22. The molecule has 1 saturated heterocycles. The summed E-state index contributed by atoms with van der Waals surface area (Å²) in [5.74, 6) is 0.757. The second kappa shape index (κ2) is 9.95. The van der Waals surface area contributed by atoms with Crippen molar-refractivity contribution in [2.45, 2.75) is 44.7 Å². The van der Waals surface area contributed by atoms with E-state index >= 15 is 0 Å². The molecule has 1 amide bonds. The normalized spacial score (nSPS) is 17.0. The fourth-order valence-corrected chi connectivity index (χ4v) is 5.59. The number of nitrogens with one attached hydrogen (secondary N) is 2. The number of hydrogen-bond donors (Lipinski definition) is 2. The van der Waals surface area contributed by atoms with Crippen molar-refractivity contribution in [3.63, 3.8) is 0 Å². The second-order valence-electron chi connectivity index (χ2n) is 8.88. The molecule has 2 aromatic carbocycles. The van der Waals surface area contributed by atoms with E-state index in [1.807, 2.05) is 18.2 Å². The lowest BCUT2D eigenvalue weighted by molar-refractivity contribution is -0.119. The Morgan fingerprint density at radius 2 is 1.88 bits per heavy atom. The molecular weight excluding hydrogens is 469 g/mol. The fraction of sp³-hybridized carbons (Fsp3) is 0.333. The molecule has 0 radical (unpaired) electrons. The van der Waals surface area contributed by atoms with Crippen molar-refractivity contribution in [1.29, 1.82) is 0 Å². The maximum atomic E-state index is 11.4. The van der Waals surface area contributed by atoms with Crippen LogP contribution in [0.1, 0.15) is 36.0 Å². The van der Waals surface area contributed by atoms with Crippen molar-refractivity contribution in [3.05, 3.63) is 69.3 Å². The number of ether oxygens (including phenoxy) is 1. The van der Waals surface area contributed by atoms with Crippen molar-refractivity contribution < 1.29 is 9.53 Å². The van der Waals surface area contributed by atoms with E-state index in [2.05, 4.69) is 39.9 Å². The van der Waals surface area contributed by atoms with E-state index in [1.165, 1.54) is 23.1 Å². The summed E-state index contributed by atoms with van der Waals surface area (Å²) in [7, 11) is 1.63. The Morgan fingerprint density at radius 1 is 1.09 bits per heavy atom. The SMILES string of the molecule is COc1cc(-c2cccc(-c3cccc4c3CCC4)c2Cl)nc(Cl)c1CNC[C@@H]1CCC(=O)N1. The van der Waals surface area contributed by atoms with Crippen LogP contribution >= 0.6 is 23.2 Å². The van der Waals surface area contributed by atoms with E-state index < -0.39 is 0 Å². The van der Waals surface area contributed by atoms with E-state index in [0.717, 1.165) is 36.0 Å². The van der Waals surface area contributed by atoms with Crippen molar-refractivity contribution >= 4 is 29.1 Å². The van der Waals surface area contributed by atoms with Crippen molar-refractivity contribution in [1.82, 2.24) is 15.6 Å². The first-order chi connectivity index (χ1) is 16.5. The van der Waals surface area contributed by atoms with Crippen LogP contribution in [0.15, 0.2) is 42.5 Å². The smallest absolute Gasteiger partial charge is 0.220 e. The second-order valence-corrected chi connectivity index (χ2v) is 9.61. The van der Waals surface area contributed by atoms with Crippen LogP contribution in [0.5, 0.6) is 5.75 Å². The maximum Gasteiger partial charge on any atom is 0.220 e. The molecule has 3 aromatic rings. The van der Waals surface area contributed by atoms with Crippen LogP contribution in [0.4, 0.5) is 0 Å². The number of aryl methyl sites for hydroxylation is 1. The molecular formula is C27H27Cl2N3O2. The zero-order valence-corrected chi connectivity index (χ0v) is 20.6. The zero-order valence-electron chi connectivity index (χ0n) is 19.1. The van der Waals surface area contributed by atoms with Crippen LogP contribution in [0.3, 0.4) is 0 Å². The summed E-state index contributed by atoms with van der Waals surface area (Å²) in [6.07, 6.45) is 4.81. The summed E-state index contributed by atoms with van der Waals surface area (Å²) in [5.41, 5.74) is 7.29. The molecule has 2 N–H and O–H groups in total. The summed E-state index contributed by atoms with van der Waals surface area (Å²) < 4.78 is 5.67. The number of amides is 1. The van der Waals surface area contributed by atoms with Gasteiger partial charge in [-0.3, -0.25) is 4.79 Å². The lowest BCUT2D eigenvalue weighted by atomic mass is 9.95. The van der Waals surface area contributed by atoms with Crippen molar-refractivity contribution in [3.8, 4) is 28.1 Å². The van der Waals surface area contributed by atoms with E-state index in [0.29, 0.717) is 41.1 Å². The van der Waals surface area contributed by atoms with E-state index in [4.69, 9.17) is 27.9 Å². The summed E-state index contributed by atoms with van der Waals surface area (Å²) in [4.78, 5) is 16.1. The third kappa shape index (κ3) is 4.52. The molecule has 0 bridgehead atoms. The molecule has 1 aliphatic heterocycles. The third-order valence-electron chi connectivity index (χ3n) is 6.74. The number of pyridine rings is 1. The maximum absolute atomic E-state index is 11.4. The van der Waals surface area contributed by atoms with Gasteiger partial charge < -0.3 is 15.4 Å². The first-order valence-corrected chi connectivity index (χ1v) is 12.4. The summed E-state index contributed by atoms with van der Waals surface area (Å²) in [5, 5.41) is 7.36. The molecule has 176 valence electrons. The van der Waals surface area contributed by atoms with Gasteiger partial charge in [0.1, 0.15) is 10.9 Å². The minimum Gasteiger partial charge on any atom is -0.496 e.